The summed E-state index contributed by atoms with van der Waals surface area (Å²) in [5.41, 5.74) is -1.86. The smallest absolute Gasteiger partial charge is 0.416 e. The van der Waals surface area contributed by atoms with Crippen LogP contribution in [0.25, 0.3) is 0 Å². The minimum Gasteiger partial charge on any atom is -0.457 e. The summed E-state index contributed by atoms with van der Waals surface area (Å²) in [6.07, 6.45) is -2.99. The lowest BCUT2D eigenvalue weighted by Crippen LogP contribution is -2.49. The molecule has 3 amide bonds. The molecule has 7 nitrogen and oxygen atoms in total. The van der Waals surface area contributed by atoms with Gasteiger partial charge in [-0.05, 0) is 48.9 Å². The van der Waals surface area contributed by atoms with Gasteiger partial charge < -0.3 is 14.6 Å². The molecular weight excluding hydrogens is 439 g/mol. The molecule has 2 heterocycles. The number of pyridine rings is 1. The van der Waals surface area contributed by atoms with Gasteiger partial charge in [0, 0.05) is 11.8 Å². The number of alkyl halides is 3. The Bertz CT molecular complexity index is 1290. The summed E-state index contributed by atoms with van der Waals surface area (Å²) >= 11 is 0. The summed E-state index contributed by atoms with van der Waals surface area (Å²) in [6.45, 7) is 1.48. The number of aryl methyl sites for hydroxylation is 1. The third-order valence-corrected chi connectivity index (χ3v) is 5.30. The molecule has 1 aliphatic rings. The van der Waals surface area contributed by atoms with E-state index in [1.165, 1.54) is 47.2 Å². The van der Waals surface area contributed by atoms with Crippen molar-refractivity contribution in [1.29, 1.82) is 0 Å². The molecule has 0 spiro atoms. The van der Waals surface area contributed by atoms with E-state index >= 15 is 0 Å². The Kier molecular flexibility index (Phi) is 5.44. The average molecular weight is 457 g/mol. The first-order valence-electron chi connectivity index (χ1n) is 9.84. The average Bonchev–Trinajstić information content (AvgIpc) is 3.05. The number of aromatic nitrogens is 1. The fraction of sp³-hybridized carbons (Fsp3) is 0.174. The SMILES string of the molecule is Cc1cccn(CC2(c3ccc(Oc4cccc(C(F)(F)F)c4)cc3)NC(=O)NC2=O)c1=O. The number of rotatable bonds is 5. The number of benzene rings is 2. The van der Waals surface area contributed by atoms with Gasteiger partial charge in [-0.25, -0.2) is 4.79 Å². The van der Waals surface area contributed by atoms with Gasteiger partial charge in [0.15, 0.2) is 5.54 Å². The molecule has 1 aromatic heterocycles. The number of carbonyl (C=O) groups is 2. The summed E-state index contributed by atoms with van der Waals surface area (Å²) in [5, 5.41) is 4.79. The van der Waals surface area contributed by atoms with Gasteiger partial charge in [-0.3, -0.25) is 14.9 Å². The Hall–Kier alpha value is -4.08. The number of hydrogen-bond donors (Lipinski definition) is 2. The standard InChI is InChI=1S/C23H18F3N3O4/c1-14-4-3-11-29(19(14)30)13-22(20(31)27-21(32)28-22)15-7-9-17(10-8-15)33-18-6-2-5-16(12-18)23(24,25)26/h2-12H,13H2,1H3,(H2,27,28,31,32). The van der Waals surface area contributed by atoms with Crippen LogP contribution in [-0.4, -0.2) is 16.5 Å². The summed E-state index contributed by atoms with van der Waals surface area (Å²) in [5.74, 6) is -0.413. The van der Waals surface area contributed by atoms with Crippen molar-refractivity contribution >= 4 is 11.9 Å². The highest BCUT2D eigenvalue weighted by atomic mass is 19.4. The number of nitrogens with one attached hydrogen (secondary N) is 2. The number of imide groups is 1. The van der Waals surface area contributed by atoms with Crippen LogP contribution in [0, 0.1) is 6.92 Å². The van der Waals surface area contributed by atoms with Crippen molar-refractivity contribution in [3.8, 4) is 11.5 Å². The zero-order valence-corrected chi connectivity index (χ0v) is 17.3. The molecule has 0 radical (unpaired) electrons. The second kappa shape index (κ2) is 8.12. The Balaban J connectivity index is 1.65. The van der Waals surface area contributed by atoms with Crippen LogP contribution < -0.4 is 20.9 Å². The molecule has 1 saturated heterocycles. The molecule has 33 heavy (non-hydrogen) atoms. The minimum absolute atomic E-state index is 0.00878. The Labute approximate surface area is 185 Å². The van der Waals surface area contributed by atoms with Crippen LogP contribution in [0.5, 0.6) is 11.5 Å². The Morgan fingerprint density at radius 2 is 1.70 bits per heavy atom. The van der Waals surface area contributed by atoms with E-state index in [2.05, 4.69) is 10.6 Å². The van der Waals surface area contributed by atoms with Gasteiger partial charge in [-0.15, -0.1) is 0 Å². The molecule has 1 unspecified atom stereocenters. The van der Waals surface area contributed by atoms with Crippen molar-refractivity contribution in [2.45, 2.75) is 25.2 Å². The highest BCUT2D eigenvalue weighted by Gasteiger charge is 2.48. The zero-order valence-electron chi connectivity index (χ0n) is 17.3. The lowest BCUT2D eigenvalue weighted by molar-refractivity contribution is -0.137. The van der Waals surface area contributed by atoms with Crippen molar-refractivity contribution < 1.29 is 27.5 Å². The van der Waals surface area contributed by atoms with E-state index in [-0.39, 0.29) is 23.6 Å². The van der Waals surface area contributed by atoms with Gasteiger partial charge >= 0.3 is 12.2 Å². The van der Waals surface area contributed by atoms with Gasteiger partial charge in [-0.1, -0.05) is 24.3 Å². The number of amides is 3. The van der Waals surface area contributed by atoms with E-state index in [1.54, 1.807) is 19.1 Å². The van der Waals surface area contributed by atoms with Crippen molar-refractivity contribution in [2.75, 3.05) is 0 Å². The summed E-state index contributed by atoms with van der Waals surface area (Å²) in [6, 6.07) is 13.0. The lowest BCUT2D eigenvalue weighted by atomic mass is 9.89. The Morgan fingerprint density at radius 3 is 2.33 bits per heavy atom. The second-order valence-electron chi connectivity index (χ2n) is 7.59. The molecule has 3 aromatic rings. The maximum Gasteiger partial charge on any atom is 0.416 e. The Morgan fingerprint density at radius 1 is 0.970 bits per heavy atom. The van der Waals surface area contributed by atoms with Gasteiger partial charge in [-0.2, -0.15) is 13.2 Å². The first-order chi connectivity index (χ1) is 15.6. The summed E-state index contributed by atoms with van der Waals surface area (Å²) in [7, 11) is 0. The molecule has 4 rings (SSSR count). The summed E-state index contributed by atoms with van der Waals surface area (Å²) < 4.78 is 45.6. The number of hydrogen-bond acceptors (Lipinski definition) is 4. The molecule has 1 fully saturated rings. The van der Waals surface area contributed by atoms with E-state index in [0.29, 0.717) is 11.1 Å². The van der Waals surface area contributed by atoms with Crippen LogP contribution in [-0.2, 0) is 23.1 Å². The molecule has 0 bridgehead atoms. The first kappa shape index (κ1) is 22.1. The zero-order chi connectivity index (χ0) is 23.8. The van der Waals surface area contributed by atoms with Crippen molar-refractivity contribution in [3.05, 3.63) is 93.9 Å². The molecule has 1 aliphatic heterocycles. The number of carbonyl (C=O) groups excluding carboxylic acids is 2. The number of nitrogens with zero attached hydrogens (tertiary/aromatic N) is 1. The van der Waals surface area contributed by atoms with Crippen molar-refractivity contribution in [2.24, 2.45) is 0 Å². The summed E-state index contributed by atoms with van der Waals surface area (Å²) in [4.78, 5) is 37.2. The molecule has 170 valence electrons. The minimum atomic E-state index is -4.50. The monoisotopic (exact) mass is 457 g/mol. The van der Waals surface area contributed by atoms with Crippen LogP contribution in [0.15, 0.2) is 71.7 Å². The second-order valence-corrected chi connectivity index (χ2v) is 7.59. The maximum absolute atomic E-state index is 12.9. The predicted octanol–water partition coefficient (Wildman–Crippen LogP) is 3.70. The van der Waals surface area contributed by atoms with Crippen molar-refractivity contribution in [1.82, 2.24) is 15.2 Å². The molecular formula is C23H18F3N3O4. The van der Waals surface area contributed by atoms with Gasteiger partial charge in [0.05, 0.1) is 12.1 Å². The lowest BCUT2D eigenvalue weighted by Gasteiger charge is -2.27. The van der Waals surface area contributed by atoms with Gasteiger partial charge in [0.25, 0.3) is 11.5 Å². The highest BCUT2D eigenvalue weighted by Crippen LogP contribution is 2.34. The number of urea groups is 1. The topological polar surface area (TPSA) is 89.4 Å². The van der Waals surface area contributed by atoms with Crippen LogP contribution >= 0.6 is 0 Å². The molecule has 10 heteroatoms. The van der Waals surface area contributed by atoms with Crippen LogP contribution in [0.4, 0.5) is 18.0 Å². The number of ether oxygens (including phenoxy) is 1. The van der Waals surface area contributed by atoms with E-state index in [4.69, 9.17) is 4.74 Å². The molecule has 0 aliphatic carbocycles. The third kappa shape index (κ3) is 4.32. The molecule has 2 N–H and O–H groups in total. The predicted molar refractivity (Wildman–Crippen MR) is 112 cm³/mol. The molecule has 0 saturated carbocycles. The molecule has 2 aromatic carbocycles. The fourth-order valence-electron chi connectivity index (χ4n) is 3.61. The maximum atomic E-state index is 12.9. The van der Waals surface area contributed by atoms with E-state index in [0.717, 1.165) is 12.1 Å². The highest BCUT2D eigenvalue weighted by molar-refractivity contribution is 6.07. The largest absolute Gasteiger partial charge is 0.457 e. The number of halogens is 3. The van der Waals surface area contributed by atoms with Crippen LogP contribution in [0.3, 0.4) is 0 Å². The quantitative estimate of drug-likeness (QED) is 0.572. The van der Waals surface area contributed by atoms with E-state index in [9.17, 15) is 27.6 Å². The van der Waals surface area contributed by atoms with Gasteiger partial charge in [0.1, 0.15) is 11.5 Å². The van der Waals surface area contributed by atoms with E-state index < -0.39 is 29.2 Å². The normalized spacial score (nSPS) is 18.1. The molecule has 1 atom stereocenters. The third-order valence-electron chi connectivity index (χ3n) is 5.30. The van der Waals surface area contributed by atoms with Crippen molar-refractivity contribution in [3.63, 3.8) is 0 Å². The fourth-order valence-corrected chi connectivity index (χ4v) is 3.61. The van der Waals surface area contributed by atoms with Crippen LogP contribution in [0.2, 0.25) is 0 Å². The first-order valence-corrected chi connectivity index (χ1v) is 9.84. The van der Waals surface area contributed by atoms with Gasteiger partial charge in [0.2, 0.25) is 0 Å². The van der Waals surface area contributed by atoms with E-state index in [1.807, 2.05) is 0 Å². The van der Waals surface area contributed by atoms with Crippen LogP contribution in [0.1, 0.15) is 16.7 Å².